The summed E-state index contributed by atoms with van der Waals surface area (Å²) < 4.78 is 5.56. The molecule has 0 saturated carbocycles. The van der Waals surface area contributed by atoms with Crippen LogP contribution in [-0.4, -0.2) is 48.8 Å². The molecule has 0 aromatic heterocycles. The van der Waals surface area contributed by atoms with Gasteiger partial charge in [-0.15, -0.1) is 0 Å². The van der Waals surface area contributed by atoms with Crippen LogP contribution in [0, 0.1) is 0 Å². The largest absolute Gasteiger partial charge is 0.494 e. The van der Waals surface area contributed by atoms with E-state index < -0.39 is 6.10 Å². The number of hydrogen-bond donors (Lipinski definition) is 2. The number of nitrogens with zero attached hydrogens (tertiary/aromatic N) is 1. The Bertz CT molecular complexity index is 450. The third-order valence-electron chi connectivity index (χ3n) is 3.95. The zero-order valence-electron chi connectivity index (χ0n) is 12.8. The minimum atomic E-state index is -0.587. The normalized spacial score (nSPS) is 19.2. The Morgan fingerprint density at radius 1 is 1.38 bits per heavy atom. The van der Waals surface area contributed by atoms with Gasteiger partial charge in [0.15, 0.2) is 0 Å². The van der Waals surface area contributed by atoms with Crippen LogP contribution in [0.15, 0.2) is 18.2 Å². The van der Waals surface area contributed by atoms with Crippen molar-refractivity contribution in [2.24, 2.45) is 0 Å². The molecule has 4 nitrogen and oxygen atoms in total. The summed E-state index contributed by atoms with van der Waals surface area (Å²) in [6.45, 7) is 8.63. The molecular formula is C16H25ClN2O2. The molecule has 5 heteroatoms. The van der Waals surface area contributed by atoms with Crippen LogP contribution in [0.25, 0.3) is 0 Å². The highest BCUT2D eigenvalue weighted by molar-refractivity contribution is 6.31. The quantitative estimate of drug-likeness (QED) is 0.847. The van der Waals surface area contributed by atoms with Crippen LogP contribution in [0.1, 0.15) is 31.9 Å². The Kier molecular flexibility index (Phi) is 6.30. The van der Waals surface area contributed by atoms with E-state index in [-0.39, 0.29) is 6.04 Å². The van der Waals surface area contributed by atoms with Gasteiger partial charge in [-0.3, -0.25) is 4.90 Å². The average molecular weight is 313 g/mol. The Hall–Kier alpha value is -0.810. The SMILES string of the molecule is CCCOc1ccc(C(O)C(C)N2CCNCC2)c(Cl)c1. The summed E-state index contributed by atoms with van der Waals surface area (Å²) in [5.41, 5.74) is 0.770. The fraction of sp³-hybridized carbons (Fsp3) is 0.625. The van der Waals surface area contributed by atoms with Gasteiger partial charge in [-0.1, -0.05) is 24.6 Å². The van der Waals surface area contributed by atoms with Gasteiger partial charge >= 0.3 is 0 Å². The first-order valence-corrected chi connectivity index (χ1v) is 8.06. The lowest BCUT2D eigenvalue weighted by molar-refractivity contribution is 0.0510. The number of benzene rings is 1. The van der Waals surface area contributed by atoms with E-state index in [4.69, 9.17) is 16.3 Å². The molecule has 1 heterocycles. The maximum atomic E-state index is 10.6. The van der Waals surface area contributed by atoms with Crippen molar-refractivity contribution in [2.75, 3.05) is 32.8 Å². The standard InChI is InChI=1S/C16H25ClN2O2/c1-3-10-21-13-4-5-14(15(17)11-13)16(20)12(2)19-8-6-18-7-9-19/h4-5,11-12,16,18,20H,3,6-10H2,1-2H3. The number of rotatable bonds is 6. The van der Waals surface area contributed by atoms with Crippen LogP contribution in [0.5, 0.6) is 5.75 Å². The summed E-state index contributed by atoms with van der Waals surface area (Å²) in [6.07, 6.45) is 0.373. The molecule has 1 aliphatic heterocycles. The van der Waals surface area contributed by atoms with Crippen molar-refractivity contribution < 1.29 is 9.84 Å². The zero-order valence-corrected chi connectivity index (χ0v) is 13.6. The smallest absolute Gasteiger partial charge is 0.120 e. The molecule has 21 heavy (non-hydrogen) atoms. The van der Waals surface area contributed by atoms with Crippen LogP contribution in [0.2, 0.25) is 5.02 Å². The molecule has 2 rings (SSSR count). The van der Waals surface area contributed by atoms with Crippen LogP contribution >= 0.6 is 11.6 Å². The number of aliphatic hydroxyl groups is 1. The van der Waals surface area contributed by atoms with Crippen molar-refractivity contribution in [3.8, 4) is 5.75 Å². The van der Waals surface area contributed by atoms with Gasteiger partial charge in [0.05, 0.1) is 17.7 Å². The lowest BCUT2D eigenvalue weighted by Crippen LogP contribution is -2.49. The Morgan fingerprint density at radius 2 is 2.10 bits per heavy atom. The number of nitrogens with one attached hydrogen (secondary N) is 1. The van der Waals surface area contributed by atoms with E-state index in [9.17, 15) is 5.11 Å². The van der Waals surface area contributed by atoms with Gasteiger partial charge in [-0.05, 0) is 25.5 Å². The molecule has 0 spiro atoms. The van der Waals surface area contributed by atoms with Gasteiger partial charge in [0.2, 0.25) is 0 Å². The van der Waals surface area contributed by atoms with E-state index >= 15 is 0 Å². The fourth-order valence-corrected chi connectivity index (χ4v) is 2.89. The van der Waals surface area contributed by atoms with Crippen molar-refractivity contribution in [3.63, 3.8) is 0 Å². The van der Waals surface area contributed by atoms with E-state index in [1.54, 1.807) is 6.07 Å². The van der Waals surface area contributed by atoms with Crippen molar-refractivity contribution in [1.29, 1.82) is 0 Å². The van der Waals surface area contributed by atoms with Gasteiger partial charge < -0.3 is 15.2 Å². The molecule has 1 saturated heterocycles. The zero-order chi connectivity index (χ0) is 15.2. The second-order valence-electron chi connectivity index (χ2n) is 5.50. The number of hydrogen-bond acceptors (Lipinski definition) is 4. The molecule has 1 aromatic carbocycles. The molecule has 1 aromatic rings. The first-order chi connectivity index (χ1) is 10.1. The molecule has 2 N–H and O–H groups in total. The van der Waals surface area contributed by atoms with Gasteiger partial charge in [-0.25, -0.2) is 0 Å². The Morgan fingerprint density at radius 3 is 2.71 bits per heavy atom. The van der Waals surface area contributed by atoms with E-state index in [2.05, 4.69) is 17.1 Å². The maximum absolute atomic E-state index is 10.6. The van der Waals surface area contributed by atoms with Crippen LogP contribution in [0.4, 0.5) is 0 Å². The minimum absolute atomic E-state index is 0.0482. The molecule has 2 unspecified atom stereocenters. The molecule has 1 fully saturated rings. The Balaban J connectivity index is 2.05. The molecular weight excluding hydrogens is 288 g/mol. The molecule has 0 amide bonds. The van der Waals surface area contributed by atoms with Crippen molar-refractivity contribution in [3.05, 3.63) is 28.8 Å². The summed E-state index contributed by atoms with van der Waals surface area (Å²) >= 11 is 6.32. The lowest BCUT2D eigenvalue weighted by Gasteiger charge is -2.35. The number of ether oxygens (including phenoxy) is 1. The monoisotopic (exact) mass is 312 g/mol. The number of halogens is 1. The highest BCUT2D eigenvalue weighted by Gasteiger charge is 2.25. The third kappa shape index (κ3) is 4.33. The summed E-state index contributed by atoms with van der Waals surface area (Å²) in [5, 5.41) is 14.5. The molecule has 0 aliphatic carbocycles. The summed E-state index contributed by atoms with van der Waals surface area (Å²) in [4.78, 5) is 2.29. The lowest BCUT2D eigenvalue weighted by atomic mass is 10.0. The van der Waals surface area contributed by atoms with Crippen molar-refractivity contribution in [1.82, 2.24) is 10.2 Å². The molecule has 1 aliphatic rings. The molecule has 0 radical (unpaired) electrons. The molecule has 2 atom stereocenters. The first-order valence-electron chi connectivity index (χ1n) is 7.68. The Labute approximate surface area is 132 Å². The second-order valence-corrected chi connectivity index (χ2v) is 5.91. The topological polar surface area (TPSA) is 44.7 Å². The highest BCUT2D eigenvalue weighted by atomic mass is 35.5. The van der Waals surface area contributed by atoms with Gasteiger partial charge in [-0.2, -0.15) is 0 Å². The highest BCUT2D eigenvalue weighted by Crippen LogP contribution is 2.30. The number of piperazine rings is 1. The van der Waals surface area contributed by atoms with Gasteiger partial charge in [0.25, 0.3) is 0 Å². The summed E-state index contributed by atoms with van der Waals surface area (Å²) in [7, 11) is 0. The van der Waals surface area contributed by atoms with Crippen molar-refractivity contribution >= 4 is 11.6 Å². The molecule has 0 bridgehead atoms. The summed E-state index contributed by atoms with van der Waals surface area (Å²) in [6, 6.07) is 5.59. The number of aliphatic hydroxyl groups excluding tert-OH is 1. The van der Waals surface area contributed by atoms with Crippen molar-refractivity contribution in [2.45, 2.75) is 32.4 Å². The third-order valence-corrected chi connectivity index (χ3v) is 4.28. The van der Waals surface area contributed by atoms with E-state index in [0.717, 1.165) is 43.9 Å². The maximum Gasteiger partial charge on any atom is 0.120 e. The van der Waals surface area contributed by atoms with E-state index in [0.29, 0.717) is 11.6 Å². The molecule has 118 valence electrons. The van der Waals surface area contributed by atoms with E-state index in [1.807, 2.05) is 19.1 Å². The van der Waals surface area contributed by atoms with Gasteiger partial charge in [0.1, 0.15) is 5.75 Å². The fourth-order valence-electron chi connectivity index (χ4n) is 2.61. The predicted molar refractivity (Wildman–Crippen MR) is 86.1 cm³/mol. The predicted octanol–water partition coefficient (Wildman–Crippen LogP) is 2.46. The van der Waals surface area contributed by atoms with Gasteiger partial charge in [0, 0.05) is 37.8 Å². The van der Waals surface area contributed by atoms with Crippen LogP contribution in [0.3, 0.4) is 0 Å². The second kappa shape index (κ2) is 7.99. The summed E-state index contributed by atoms with van der Waals surface area (Å²) in [5.74, 6) is 0.757. The average Bonchev–Trinajstić information content (AvgIpc) is 2.52. The van der Waals surface area contributed by atoms with Crippen LogP contribution in [-0.2, 0) is 0 Å². The first kappa shape index (κ1) is 16.6. The van der Waals surface area contributed by atoms with E-state index in [1.165, 1.54) is 0 Å². The minimum Gasteiger partial charge on any atom is -0.494 e. The van der Waals surface area contributed by atoms with Crippen LogP contribution < -0.4 is 10.1 Å².